The third kappa shape index (κ3) is 6.62. The molecule has 3 rings (SSSR count). The number of ether oxygens (including phenoxy) is 1. The molecule has 0 saturated heterocycles. The van der Waals surface area contributed by atoms with Crippen LogP contribution >= 0.6 is 11.6 Å². The molecule has 8 nitrogen and oxygen atoms in total. The molecule has 38 heavy (non-hydrogen) atoms. The van der Waals surface area contributed by atoms with E-state index in [0.717, 1.165) is 4.31 Å². The van der Waals surface area contributed by atoms with Gasteiger partial charge in [0.2, 0.25) is 11.8 Å². The van der Waals surface area contributed by atoms with Gasteiger partial charge in [-0.25, -0.2) is 12.8 Å². The van der Waals surface area contributed by atoms with Crippen molar-refractivity contribution in [3.05, 3.63) is 89.2 Å². The molecule has 1 unspecified atom stereocenters. The van der Waals surface area contributed by atoms with Crippen LogP contribution in [0.3, 0.4) is 0 Å². The van der Waals surface area contributed by atoms with Gasteiger partial charge in [-0.2, -0.15) is 0 Å². The SMILES string of the molecule is CCC(C(=O)NC)N(Cc1ccc(F)cc1)C(=O)CN(c1cc(Cl)ccc1OC)S(=O)(=O)c1ccccc1. The van der Waals surface area contributed by atoms with Crippen LogP contribution < -0.4 is 14.4 Å². The second-order valence-corrected chi connectivity index (χ2v) is 10.6. The first kappa shape index (κ1) is 28.9. The molecule has 3 aromatic rings. The summed E-state index contributed by atoms with van der Waals surface area (Å²) in [6, 6.07) is 16.7. The fourth-order valence-electron chi connectivity index (χ4n) is 3.96. The normalized spacial score (nSPS) is 11.9. The van der Waals surface area contributed by atoms with Gasteiger partial charge >= 0.3 is 0 Å². The van der Waals surface area contributed by atoms with Gasteiger partial charge in [0.15, 0.2) is 0 Å². The van der Waals surface area contributed by atoms with Crippen molar-refractivity contribution in [2.75, 3.05) is 25.0 Å². The van der Waals surface area contributed by atoms with E-state index >= 15 is 0 Å². The molecule has 0 fully saturated rings. The first-order chi connectivity index (χ1) is 18.1. The maximum absolute atomic E-state index is 13.9. The third-order valence-corrected chi connectivity index (χ3v) is 7.93. The Morgan fingerprint density at radius 2 is 1.71 bits per heavy atom. The number of sulfonamides is 1. The van der Waals surface area contributed by atoms with Gasteiger partial charge in [0.25, 0.3) is 10.0 Å². The number of benzene rings is 3. The van der Waals surface area contributed by atoms with E-state index in [9.17, 15) is 22.4 Å². The van der Waals surface area contributed by atoms with Crippen LogP contribution in [-0.2, 0) is 26.2 Å². The van der Waals surface area contributed by atoms with E-state index in [2.05, 4.69) is 5.32 Å². The zero-order chi connectivity index (χ0) is 27.9. The minimum absolute atomic E-state index is 0.0433. The quantitative estimate of drug-likeness (QED) is 0.378. The number of amides is 2. The van der Waals surface area contributed by atoms with Crippen LogP contribution in [-0.4, -0.2) is 51.9 Å². The van der Waals surface area contributed by atoms with Crippen LogP contribution in [0.5, 0.6) is 5.75 Å². The number of methoxy groups -OCH3 is 1. The van der Waals surface area contributed by atoms with Crippen LogP contribution in [0.2, 0.25) is 5.02 Å². The molecule has 0 saturated carbocycles. The van der Waals surface area contributed by atoms with Crippen LogP contribution in [0.25, 0.3) is 0 Å². The number of anilines is 1. The highest BCUT2D eigenvalue weighted by Gasteiger charge is 2.34. The molecule has 2 amide bonds. The number of nitrogens with zero attached hydrogens (tertiary/aromatic N) is 2. The van der Waals surface area contributed by atoms with E-state index in [-0.39, 0.29) is 34.3 Å². The summed E-state index contributed by atoms with van der Waals surface area (Å²) in [6.45, 7) is 1.04. The number of halogens is 2. The lowest BCUT2D eigenvalue weighted by atomic mass is 10.1. The fourth-order valence-corrected chi connectivity index (χ4v) is 5.57. The highest BCUT2D eigenvalue weighted by Crippen LogP contribution is 2.35. The molecule has 11 heteroatoms. The maximum Gasteiger partial charge on any atom is 0.264 e. The topological polar surface area (TPSA) is 96.0 Å². The predicted molar refractivity (Wildman–Crippen MR) is 144 cm³/mol. The van der Waals surface area contributed by atoms with Crippen LogP contribution in [0, 0.1) is 5.82 Å². The Bertz CT molecular complexity index is 1370. The minimum Gasteiger partial charge on any atom is -0.495 e. The zero-order valence-electron chi connectivity index (χ0n) is 21.2. The van der Waals surface area contributed by atoms with E-state index in [0.29, 0.717) is 5.56 Å². The van der Waals surface area contributed by atoms with E-state index in [1.54, 1.807) is 31.2 Å². The van der Waals surface area contributed by atoms with Gasteiger partial charge in [0.05, 0.1) is 17.7 Å². The Morgan fingerprint density at radius 1 is 1.05 bits per heavy atom. The van der Waals surface area contributed by atoms with Crippen LogP contribution in [0.15, 0.2) is 77.7 Å². The highest BCUT2D eigenvalue weighted by molar-refractivity contribution is 7.92. The summed E-state index contributed by atoms with van der Waals surface area (Å²) < 4.78 is 47.5. The van der Waals surface area contributed by atoms with E-state index in [4.69, 9.17) is 16.3 Å². The minimum atomic E-state index is -4.27. The second-order valence-electron chi connectivity index (χ2n) is 8.33. The molecule has 0 aliphatic carbocycles. The summed E-state index contributed by atoms with van der Waals surface area (Å²) in [4.78, 5) is 27.8. The van der Waals surface area contributed by atoms with Crippen molar-refractivity contribution in [2.45, 2.75) is 30.8 Å². The summed E-state index contributed by atoms with van der Waals surface area (Å²) in [5, 5.41) is 2.79. The van der Waals surface area contributed by atoms with Gasteiger partial charge in [0.1, 0.15) is 24.2 Å². The Labute approximate surface area is 227 Å². The lowest BCUT2D eigenvalue weighted by Gasteiger charge is -2.33. The first-order valence-corrected chi connectivity index (χ1v) is 13.6. The van der Waals surface area contributed by atoms with Gasteiger partial charge in [0, 0.05) is 18.6 Å². The van der Waals surface area contributed by atoms with Gasteiger partial charge in [-0.3, -0.25) is 13.9 Å². The molecule has 0 spiro atoms. The largest absolute Gasteiger partial charge is 0.495 e. The standard InChI is InChI=1S/C27H29ClFN3O5S/c1-4-23(27(34)30-2)31(17-19-10-13-21(29)14-11-19)26(33)18-32(24-16-20(28)12-15-25(24)37-3)38(35,36)22-8-6-5-7-9-22/h5-16,23H,4,17-18H2,1-3H3,(H,30,34). The molecular weight excluding hydrogens is 533 g/mol. The summed E-state index contributed by atoms with van der Waals surface area (Å²) in [6.07, 6.45) is 0.262. The van der Waals surface area contributed by atoms with Crippen molar-refractivity contribution in [3.8, 4) is 5.75 Å². The Kier molecular flexibility index (Phi) is 9.71. The number of nitrogens with one attached hydrogen (secondary N) is 1. The molecular formula is C27H29ClFN3O5S. The molecule has 1 atom stereocenters. The molecule has 0 aliphatic rings. The second kappa shape index (κ2) is 12.7. The molecule has 202 valence electrons. The van der Waals surface area contributed by atoms with Gasteiger partial charge in [-0.1, -0.05) is 48.9 Å². The smallest absolute Gasteiger partial charge is 0.264 e. The number of carbonyl (C=O) groups is 2. The molecule has 0 heterocycles. The van der Waals surface area contributed by atoms with Crippen LogP contribution in [0.4, 0.5) is 10.1 Å². The summed E-state index contributed by atoms with van der Waals surface area (Å²) in [5.74, 6) is -1.32. The molecule has 0 aromatic heterocycles. The van der Waals surface area contributed by atoms with E-state index < -0.39 is 40.2 Å². The van der Waals surface area contributed by atoms with Crippen molar-refractivity contribution in [1.29, 1.82) is 0 Å². The number of carbonyl (C=O) groups excluding carboxylic acids is 2. The molecule has 0 bridgehead atoms. The van der Waals surface area contributed by atoms with Crippen molar-refractivity contribution in [3.63, 3.8) is 0 Å². The summed E-state index contributed by atoms with van der Waals surface area (Å²) >= 11 is 6.21. The molecule has 1 N–H and O–H groups in total. The van der Waals surface area contributed by atoms with Crippen molar-refractivity contribution >= 4 is 39.1 Å². The van der Waals surface area contributed by atoms with E-state index in [1.165, 1.54) is 67.6 Å². The lowest BCUT2D eigenvalue weighted by Crippen LogP contribution is -2.51. The van der Waals surface area contributed by atoms with E-state index in [1.807, 2.05) is 0 Å². The Balaban J connectivity index is 2.11. The Hall–Kier alpha value is -3.63. The first-order valence-electron chi connectivity index (χ1n) is 11.8. The fraction of sp³-hybridized carbons (Fsp3) is 0.259. The van der Waals surface area contributed by atoms with Crippen molar-refractivity contribution in [1.82, 2.24) is 10.2 Å². The van der Waals surface area contributed by atoms with Crippen molar-refractivity contribution in [2.24, 2.45) is 0 Å². The average Bonchev–Trinajstić information content (AvgIpc) is 2.92. The lowest BCUT2D eigenvalue weighted by molar-refractivity contribution is -0.140. The monoisotopic (exact) mass is 561 g/mol. The van der Waals surface area contributed by atoms with Crippen molar-refractivity contribution < 1.29 is 27.1 Å². The average molecular weight is 562 g/mol. The van der Waals surface area contributed by atoms with Gasteiger partial charge in [-0.15, -0.1) is 0 Å². The predicted octanol–water partition coefficient (Wildman–Crippen LogP) is 4.24. The highest BCUT2D eigenvalue weighted by atomic mass is 35.5. The summed E-state index contributed by atoms with van der Waals surface area (Å²) in [5.41, 5.74) is 0.631. The molecule has 0 aliphatic heterocycles. The number of hydrogen-bond acceptors (Lipinski definition) is 5. The number of hydrogen-bond donors (Lipinski definition) is 1. The zero-order valence-corrected chi connectivity index (χ0v) is 22.8. The van der Waals surface area contributed by atoms with Gasteiger partial charge < -0.3 is 15.0 Å². The Morgan fingerprint density at radius 3 is 2.29 bits per heavy atom. The number of likely N-dealkylation sites (N-methyl/N-ethyl adjacent to an activating group) is 1. The maximum atomic E-state index is 13.9. The molecule has 0 radical (unpaired) electrons. The van der Waals surface area contributed by atoms with Crippen LogP contribution in [0.1, 0.15) is 18.9 Å². The third-order valence-electron chi connectivity index (χ3n) is 5.92. The summed E-state index contributed by atoms with van der Waals surface area (Å²) in [7, 11) is -1.44. The molecule has 3 aromatic carbocycles. The number of rotatable bonds is 11. The van der Waals surface area contributed by atoms with Gasteiger partial charge in [-0.05, 0) is 54.4 Å².